The largest absolute Gasteiger partial charge is 0.493 e. The predicted octanol–water partition coefficient (Wildman–Crippen LogP) is 4.90. The molecule has 0 spiro atoms. The molecule has 94 valence electrons. The van der Waals surface area contributed by atoms with Gasteiger partial charge in [-0.25, -0.2) is 0 Å². The molecule has 0 heterocycles. The first-order chi connectivity index (χ1) is 8.33. The van der Waals surface area contributed by atoms with E-state index in [9.17, 15) is 0 Å². The Labute approximate surface area is 113 Å². The van der Waals surface area contributed by atoms with Crippen LogP contribution in [0.1, 0.15) is 50.5 Å². The molecular weight excluding hydrogens is 276 g/mol. The maximum atomic E-state index is 5.87. The molecule has 0 aromatic heterocycles. The monoisotopic (exact) mass is 296 g/mol. The molecule has 1 fully saturated rings. The Morgan fingerprint density at radius 3 is 2.76 bits per heavy atom. The molecule has 2 atom stereocenters. The molecule has 1 aromatic carbocycles. The summed E-state index contributed by atoms with van der Waals surface area (Å²) >= 11 is 3.84. The Morgan fingerprint density at radius 1 is 1.24 bits per heavy atom. The van der Waals surface area contributed by atoms with Crippen LogP contribution in [0.2, 0.25) is 0 Å². The van der Waals surface area contributed by atoms with Crippen molar-refractivity contribution >= 4 is 15.9 Å². The average Bonchev–Trinajstić information content (AvgIpc) is 2.37. The highest BCUT2D eigenvalue weighted by molar-refractivity contribution is 9.09. The van der Waals surface area contributed by atoms with Gasteiger partial charge in [-0.15, -0.1) is 0 Å². The van der Waals surface area contributed by atoms with Gasteiger partial charge in [0.15, 0.2) is 0 Å². The van der Waals surface area contributed by atoms with Crippen molar-refractivity contribution in [3.8, 4) is 5.75 Å². The van der Waals surface area contributed by atoms with Crippen LogP contribution in [0.4, 0.5) is 0 Å². The first-order valence-corrected chi connectivity index (χ1v) is 7.60. The van der Waals surface area contributed by atoms with E-state index in [2.05, 4.69) is 47.1 Å². The van der Waals surface area contributed by atoms with Crippen molar-refractivity contribution in [3.63, 3.8) is 0 Å². The number of ether oxygens (including phenoxy) is 1. The van der Waals surface area contributed by atoms with E-state index in [4.69, 9.17) is 4.74 Å². The molecule has 0 radical (unpaired) electrons. The molecule has 0 N–H and O–H groups in total. The predicted molar refractivity (Wildman–Crippen MR) is 76.2 cm³/mol. The van der Waals surface area contributed by atoms with E-state index in [1.165, 1.54) is 31.2 Å². The van der Waals surface area contributed by atoms with Crippen molar-refractivity contribution in [1.82, 2.24) is 0 Å². The van der Waals surface area contributed by atoms with Crippen LogP contribution in [0.3, 0.4) is 0 Å². The maximum Gasteiger partial charge on any atom is 0.122 e. The summed E-state index contributed by atoms with van der Waals surface area (Å²) in [4.78, 5) is 0.614. The Bertz CT molecular complexity index is 351. The summed E-state index contributed by atoms with van der Waals surface area (Å²) in [7, 11) is 0. The fourth-order valence-electron chi connectivity index (χ4n) is 2.57. The third-order valence-corrected chi connectivity index (χ3v) is 4.56. The van der Waals surface area contributed by atoms with Gasteiger partial charge in [0.1, 0.15) is 5.75 Å². The zero-order chi connectivity index (χ0) is 12.1. The van der Waals surface area contributed by atoms with E-state index in [1.54, 1.807) is 0 Å². The number of alkyl halides is 1. The van der Waals surface area contributed by atoms with Gasteiger partial charge in [0.25, 0.3) is 0 Å². The smallest absolute Gasteiger partial charge is 0.122 e. The van der Waals surface area contributed by atoms with Gasteiger partial charge in [0.2, 0.25) is 0 Å². The molecule has 2 heteroatoms. The van der Waals surface area contributed by atoms with Gasteiger partial charge in [0.05, 0.1) is 6.61 Å². The lowest BCUT2D eigenvalue weighted by Crippen LogP contribution is -2.18. The van der Waals surface area contributed by atoms with E-state index in [0.717, 1.165) is 18.8 Å². The van der Waals surface area contributed by atoms with Crippen LogP contribution >= 0.6 is 15.9 Å². The van der Waals surface area contributed by atoms with Crippen LogP contribution in [0.5, 0.6) is 5.75 Å². The number of halogens is 1. The minimum Gasteiger partial charge on any atom is -0.493 e. The maximum absolute atomic E-state index is 5.87. The zero-order valence-electron chi connectivity index (χ0n) is 10.5. The number of para-hydroxylation sites is 1. The van der Waals surface area contributed by atoms with Gasteiger partial charge >= 0.3 is 0 Å². The lowest BCUT2D eigenvalue weighted by atomic mass is 9.83. The van der Waals surface area contributed by atoms with Crippen LogP contribution in [-0.2, 0) is 0 Å². The molecule has 2 unspecified atom stereocenters. The number of hydrogen-bond donors (Lipinski definition) is 0. The average molecular weight is 297 g/mol. The summed E-state index contributed by atoms with van der Waals surface area (Å²) in [5.41, 5.74) is 1.39. The molecule has 2 rings (SSSR count). The highest BCUT2D eigenvalue weighted by Gasteiger charge is 2.26. The summed E-state index contributed by atoms with van der Waals surface area (Å²) in [5, 5.41) is 0. The Kier molecular flexibility index (Phi) is 4.90. The van der Waals surface area contributed by atoms with Crippen LogP contribution < -0.4 is 4.74 Å². The minimum atomic E-state index is 0.614. The van der Waals surface area contributed by atoms with Crippen molar-refractivity contribution in [2.75, 3.05) is 6.61 Å². The Hall–Kier alpha value is -0.500. The second-order valence-electron chi connectivity index (χ2n) is 4.79. The van der Waals surface area contributed by atoms with Gasteiger partial charge in [-0.3, -0.25) is 0 Å². The lowest BCUT2D eigenvalue weighted by Gasteiger charge is -2.29. The highest BCUT2D eigenvalue weighted by atomic mass is 79.9. The van der Waals surface area contributed by atoms with E-state index in [-0.39, 0.29) is 0 Å². The standard InChI is InChI=1S/C15H21BrO/c1-2-11-17-15-10-6-4-8-13(15)12-7-3-5-9-14(12)16/h4,6,8,10,12,14H,2-3,5,7,9,11H2,1H3. The van der Waals surface area contributed by atoms with Crippen molar-refractivity contribution < 1.29 is 4.74 Å². The van der Waals surface area contributed by atoms with Crippen molar-refractivity contribution in [1.29, 1.82) is 0 Å². The van der Waals surface area contributed by atoms with Gasteiger partial charge in [-0.1, -0.05) is 53.9 Å². The molecule has 0 saturated heterocycles. The number of rotatable bonds is 4. The van der Waals surface area contributed by atoms with Crippen LogP contribution in [0.25, 0.3) is 0 Å². The molecular formula is C15H21BrO. The summed E-state index contributed by atoms with van der Waals surface area (Å²) < 4.78 is 5.87. The second-order valence-corrected chi connectivity index (χ2v) is 5.97. The summed E-state index contributed by atoms with van der Waals surface area (Å²) in [5.74, 6) is 1.71. The fourth-order valence-corrected chi connectivity index (χ4v) is 3.44. The molecule has 1 aliphatic carbocycles. The summed E-state index contributed by atoms with van der Waals surface area (Å²) in [6.45, 7) is 2.97. The topological polar surface area (TPSA) is 9.23 Å². The Balaban J connectivity index is 2.17. The van der Waals surface area contributed by atoms with Gasteiger partial charge in [-0.2, -0.15) is 0 Å². The molecule has 0 amide bonds. The Morgan fingerprint density at radius 2 is 2.00 bits per heavy atom. The zero-order valence-corrected chi connectivity index (χ0v) is 12.1. The van der Waals surface area contributed by atoms with Crippen molar-refractivity contribution in [2.45, 2.75) is 49.8 Å². The molecule has 0 bridgehead atoms. The molecule has 1 aromatic rings. The first-order valence-electron chi connectivity index (χ1n) is 6.68. The normalized spacial score (nSPS) is 24.6. The van der Waals surface area contributed by atoms with E-state index in [1.807, 2.05) is 0 Å². The molecule has 1 aliphatic rings. The van der Waals surface area contributed by atoms with Gasteiger partial charge < -0.3 is 4.74 Å². The molecule has 0 aliphatic heterocycles. The first kappa shape index (κ1) is 12.9. The van der Waals surface area contributed by atoms with E-state index in [0.29, 0.717) is 10.7 Å². The third kappa shape index (κ3) is 3.25. The summed E-state index contributed by atoms with van der Waals surface area (Å²) in [6, 6.07) is 8.54. The fraction of sp³-hybridized carbons (Fsp3) is 0.600. The van der Waals surface area contributed by atoms with Crippen molar-refractivity contribution in [2.24, 2.45) is 0 Å². The molecule has 1 nitrogen and oxygen atoms in total. The molecule has 17 heavy (non-hydrogen) atoms. The number of benzene rings is 1. The van der Waals surface area contributed by atoms with Gasteiger partial charge in [-0.05, 0) is 30.9 Å². The van der Waals surface area contributed by atoms with E-state index >= 15 is 0 Å². The number of hydrogen-bond acceptors (Lipinski definition) is 1. The van der Waals surface area contributed by atoms with Crippen LogP contribution in [0.15, 0.2) is 24.3 Å². The van der Waals surface area contributed by atoms with E-state index < -0.39 is 0 Å². The third-order valence-electron chi connectivity index (χ3n) is 3.46. The highest BCUT2D eigenvalue weighted by Crippen LogP contribution is 2.40. The lowest BCUT2D eigenvalue weighted by molar-refractivity contribution is 0.309. The SMILES string of the molecule is CCCOc1ccccc1C1CCCCC1Br. The quantitative estimate of drug-likeness (QED) is 0.718. The molecule has 1 saturated carbocycles. The summed E-state index contributed by atoms with van der Waals surface area (Å²) in [6.07, 6.45) is 6.32. The van der Waals surface area contributed by atoms with Crippen LogP contribution in [-0.4, -0.2) is 11.4 Å². The second kappa shape index (κ2) is 6.44. The van der Waals surface area contributed by atoms with Gasteiger partial charge in [0, 0.05) is 10.7 Å². The minimum absolute atomic E-state index is 0.614. The van der Waals surface area contributed by atoms with Crippen molar-refractivity contribution in [3.05, 3.63) is 29.8 Å². The van der Waals surface area contributed by atoms with Crippen LogP contribution in [0, 0.1) is 0 Å².